The predicted octanol–water partition coefficient (Wildman–Crippen LogP) is 15.7. The summed E-state index contributed by atoms with van der Waals surface area (Å²) in [6.45, 7) is 6.44. The van der Waals surface area contributed by atoms with Gasteiger partial charge in [-0.2, -0.15) is 0 Å². The van der Waals surface area contributed by atoms with E-state index < -0.39 is 6.10 Å². The minimum Gasteiger partial charge on any atom is -0.462 e. The standard InChI is InChI=1S/C52H90O6/c1-4-7-10-13-16-19-22-24-25-26-27-28-29-31-33-36-39-42-45-51(54)57-48-49(47-56-50(53)44-41-38-35-32-21-18-15-12-9-6-3)58-52(55)46-43-40-37-34-30-23-20-17-14-11-8-5-2/h8,11,15,17-18,20,25-28,49H,4-7,9-10,12-14,16,19,21-24,29-48H2,1-3H3/b11-8-,18-15-,20-17-,26-25-,28-27-. The highest BCUT2D eigenvalue weighted by Gasteiger charge is 2.19. The van der Waals surface area contributed by atoms with E-state index in [0.717, 1.165) is 128 Å². The minimum atomic E-state index is -0.790. The summed E-state index contributed by atoms with van der Waals surface area (Å²) in [5.41, 5.74) is 0. The van der Waals surface area contributed by atoms with Crippen molar-refractivity contribution in [3.8, 4) is 0 Å². The highest BCUT2D eigenvalue weighted by molar-refractivity contribution is 5.71. The van der Waals surface area contributed by atoms with E-state index in [4.69, 9.17) is 14.2 Å². The molecule has 0 bridgehead atoms. The minimum absolute atomic E-state index is 0.0917. The predicted molar refractivity (Wildman–Crippen MR) is 247 cm³/mol. The number of allylic oxidation sites excluding steroid dienone is 10. The Morgan fingerprint density at radius 2 is 0.741 bits per heavy atom. The fourth-order valence-electron chi connectivity index (χ4n) is 6.57. The summed E-state index contributed by atoms with van der Waals surface area (Å²) in [6, 6.07) is 0. The lowest BCUT2D eigenvalue weighted by molar-refractivity contribution is -0.167. The van der Waals surface area contributed by atoms with Crippen LogP contribution in [0.25, 0.3) is 0 Å². The van der Waals surface area contributed by atoms with Crippen molar-refractivity contribution in [3.05, 3.63) is 60.8 Å². The Morgan fingerprint density at radius 3 is 1.21 bits per heavy atom. The van der Waals surface area contributed by atoms with Gasteiger partial charge in [-0.15, -0.1) is 0 Å². The topological polar surface area (TPSA) is 78.9 Å². The second-order valence-electron chi connectivity index (χ2n) is 16.0. The Hall–Kier alpha value is -2.89. The first-order chi connectivity index (χ1) is 28.5. The lowest BCUT2D eigenvalue weighted by Gasteiger charge is -2.18. The summed E-state index contributed by atoms with van der Waals surface area (Å²) in [5.74, 6) is -0.936. The molecule has 0 aromatic carbocycles. The van der Waals surface area contributed by atoms with Crippen LogP contribution >= 0.6 is 0 Å². The molecule has 0 N–H and O–H groups in total. The summed E-state index contributed by atoms with van der Waals surface area (Å²) in [4.78, 5) is 37.8. The Balaban J connectivity index is 4.38. The maximum atomic E-state index is 12.7. The third-order valence-electron chi connectivity index (χ3n) is 10.3. The van der Waals surface area contributed by atoms with Crippen LogP contribution in [-0.4, -0.2) is 37.2 Å². The van der Waals surface area contributed by atoms with E-state index in [1.54, 1.807) is 0 Å². The van der Waals surface area contributed by atoms with Gasteiger partial charge in [0.2, 0.25) is 0 Å². The van der Waals surface area contributed by atoms with Crippen molar-refractivity contribution in [2.45, 2.75) is 239 Å². The number of hydrogen-bond acceptors (Lipinski definition) is 6. The van der Waals surface area contributed by atoms with Crippen LogP contribution in [0.3, 0.4) is 0 Å². The van der Waals surface area contributed by atoms with E-state index in [1.165, 1.54) is 64.2 Å². The molecule has 1 unspecified atom stereocenters. The average Bonchev–Trinajstić information content (AvgIpc) is 3.22. The van der Waals surface area contributed by atoms with Crippen LogP contribution in [-0.2, 0) is 28.6 Å². The molecule has 0 spiro atoms. The zero-order valence-corrected chi connectivity index (χ0v) is 38.0. The third-order valence-corrected chi connectivity index (χ3v) is 10.3. The maximum absolute atomic E-state index is 12.7. The number of ether oxygens (including phenoxy) is 3. The number of rotatable bonds is 43. The van der Waals surface area contributed by atoms with Crippen molar-refractivity contribution in [3.63, 3.8) is 0 Å². The molecule has 0 rings (SSSR count). The summed E-state index contributed by atoms with van der Waals surface area (Å²) < 4.78 is 16.7. The fourth-order valence-corrected chi connectivity index (χ4v) is 6.57. The molecular weight excluding hydrogens is 721 g/mol. The summed E-state index contributed by atoms with van der Waals surface area (Å²) in [5, 5.41) is 0. The normalized spacial score (nSPS) is 12.5. The van der Waals surface area contributed by atoms with Crippen molar-refractivity contribution >= 4 is 17.9 Å². The summed E-state index contributed by atoms with van der Waals surface area (Å²) in [7, 11) is 0. The first-order valence-corrected chi connectivity index (χ1v) is 24.3. The molecule has 0 aliphatic rings. The van der Waals surface area contributed by atoms with E-state index in [2.05, 4.69) is 81.5 Å². The van der Waals surface area contributed by atoms with Gasteiger partial charge in [-0.3, -0.25) is 14.4 Å². The molecule has 6 heteroatoms. The number of hydrogen-bond donors (Lipinski definition) is 0. The van der Waals surface area contributed by atoms with Crippen LogP contribution < -0.4 is 0 Å². The van der Waals surface area contributed by atoms with Gasteiger partial charge in [0.05, 0.1) is 0 Å². The van der Waals surface area contributed by atoms with Crippen molar-refractivity contribution in [1.82, 2.24) is 0 Å². The number of carbonyl (C=O) groups excluding carboxylic acids is 3. The molecule has 334 valence electrons. The van der Waals surface area contributed by atoms with Crippen LogP contribution in [0.15, 0.2) is 60.8 Å². The van der Waals surface area contributed by atoms with Gasteiger partial charge in [0.15, 0.2) is 6.10 Å². The van der Waals surface area contributed by atoms with Crippen LogP contribution in [0.1, 0.15) is 233 Å². The van der Waals surface area contributed by atoms with Crippen molar-refractivity contribution in [2.75, 3.05) is 13.2 Å². The molecule has 6 nitrogen and oxygen atoms in total. The second kappa shape index (κ2) is 46.8. The van der Waals surface area contributed by atoms with Crippen LogP contribution in [0.5, 0.6) is 0 Å². The highest BCUT2D eigenvalue weighted by Crippen LogP contribution is 2.13. The van der Waals surface area contributed by atoms with Gasteiger partial charge >= 0.3 is 17.9 Å². The van der Waals surface area contributed by atoms with Gasteiger partial charge in [-0.1, -0.05) is 184 Å². The Kier molecular flexibility index (Phi) is 44.5. The third kappa shape index (κ3) is 44.2. The maximum Gasteiger partial charge on any atom is 0.306 e. The number of carbonyl (C=O) groups is 3. The quantitative estimate of drug-likeness (QED) is 0.0201. The molecule has 0 fully saturated rings. The Labute approximate surface area is 358 Å². The molecule has 1 atom stereocenters. The molecule has 0 saturated carbocycles. The molecule has 0 aromatic rings. The zero-order chi connectivity index (χ0) is 42.3. The smallest absolute Gasteiger partial charge is 0.306 e. The number of unbranched alkanes of at least 4 members (excludes halogenated alkanes) is 23. The summed E-state index contributed by atoms with van der Waals surface area (Å²) >= 11 is 0. The van der Waals surface area contributed by atoms with E-state index in [-0.39, 0.29) is 31.1 Å². The van der Waals surface area contributed by atoms with E-state index in [1.807, 2.05) is 0 Å². The molecule has 0 amide bonds. The molecule has 0 aromatic heterocycles. The van der Waals surface area contributed by atoms with E-state index in [0.29, 0.717) is 19.3 Å². The Bertz CT molecular complexity index is 1070. The molecule has 58 heavy (non-hydrogen) atoms. The first kappa shape index (κ1) is 55.1. The molecule has 0 saturated heterocycles. The van der Waals surface area contributed by atoms with Gasteiger partial charge in [-0.25, -0.2) is 0 Å². The Morgan fingerprint density at radius 1 is 0.379 bits per heavy atom. The van der Waals surface area contributed by atoms with Gasteiger partial charge in [0.1, 0.15) is 13.2 Å². The largest absolute Gasteiger partial charge is 0.462 e. The zero-order valence-electron chi connectivity index (χ0n) is 38.0. The first-order valence-electron chi connectivity index (χ1n) is 24.3. The molecule has 0 aliphatic carbocycles. The fraction of sp³-hybridized carbons (Fsp3) is 0.750. The van der Waals surface area contributed by atoms with Crippen molar-refractivity contribution in [1.29, 1.82) is 0 Å². The van der Waals surface area contributed by atoms with Gasteiger partial charge < -0.3 is 14.2 Å². The SMILES string of the molecule is CC/C=C\C/C=C\CCCCCCCC(=O)OC(COC(=O)CCCCCC/C=C\CCCC)COC(=O)CCCCCCC/C=C\C=C/CCCCCCCCC. The lowest BCUT2D eigenvalue weighted by Crippen LogP contribution is -2.30. The van der Waals surface area contributed by atoms with Crippen LogP contribution in [0.2, 0.25) is 0 Å². The van der Waals surface area contributed by atoms with Crippen LogP contribution in [0, 0.1) is 0 Å². The second-order valence-corrected chi connectivity index (χ2v) is 16.0. The van der Waals surface area contributed by atoms with E-state index in [9.17, 15) is 14.4 Å². The van der Waals surface area contributed by atoms with Crippen LogP contribution in [0.4, 0.5) is 0 Å². The van der Waals surface area contributed by atoms with Gasteiger partial charge in [0, 0.05) is 19.3 Å². The highest BCUT2D eigenvalue weighted by atomic mass is 16.6. The van der Waals surface area contributed by atoms with Gasteiger partial charge in [-0.05, 0) is 89.9 Å². The number of esters is 3. The molecular formula is C52H90O6. The van der Waals surface area contributed by atoms with E-state index >= 15 is 0 Å². The van der Waals surface area contributed by atoms with Crippen molar-refractivity contribution in [2.24, 2.45) is 0 Å². The monoisotopic (exact) mass is 811 g/mol. The molecule has 0 radical (unpaired) electrons. The summed E-state index contributed by atoms with van der Waals surface area (Å²) in [6.07, 6.45) is 56.4. The van der Waals surface area contributed by atoms with Crippen molar-refractivity contribution < 1.29 is 28.6 Å². The lowest BCUT2D eigenvalue weighted by atomic mass is 10.1. The van der Waals surface area contributed by atoms with Gasteiger partial charge in [0.25, 0.3) is 0 Å². The molecule has 0 aliphatic heterocycles. The molecule has 0 heterocycles. The average molecular weight is 811 g/mol.